The Labute approximate surface area is 176 Å². The molecule has 0 aliphatic rings. The van der Waals surface area contributed by atoms with Gasteiger partial charge in [-0.1, -0.05) is 25.1 Å². The van der Waals surface area contributed by atoms with Crippen molar-refractivity contribution in [2.24, 2.45) is 0 Å². The first-order valence-electron chi connectivity index (χ1n) is 9.99. The number of hydrogen-bond donors (Lipinski definition) is 2. The van der Waals surface area contributed by atoms with Crippen LogP contribution >= 0.6 is 0 Å². The molecule has 30 heavy (non-hydrogen) atoms. The van der Waals surface area contributed by atoms with E-state index in [1.165, 1.54) is 5.56 Å². The summed E-state index contributed by atoms with van der Waals surface area (Å²) in [5.41, 5.74) is 2.94. The van der Waals surface area contributed by atoms with Crippen LogP contribution in [0.15, 0.2) is 41.1 Å². The molecule has 0 saturated heterocycles. The van der Waals surface area contributed by atoms with Crippen molar-refractivity contribution in [3.05, 3.63) is 59.4 Å². The minimum atomic E-state index is -0.298. The molecule has 158 valence electrons. The highest BCUT2D eigenvalue weighted by Crippen LogP contribution is 2.23. The van der Waals surface area contributed by atoms with Gasteiger partial charge in [0.15, 0.2) is 5.82 Å². The maximum atomic E-state index is 12.0. The summed E-state index contributed by atoms with van der Waals surface area (Å²) in [6.07, 6.45) is 2.88. The van der Waals surface area contributed by atoms with Crippen LogP contribution in [0.3, 0.4) is 0 Å². The SMILES string of the molecule is Cc1ccc(Oc2ccc(NC(=O)NCCCc3nc(C(C)C)no3)cn2)cc1C. The summed E-state index contributed by atoms with van der Waals surface area (Å²) in [5.74, 6) is 2.71. The van der Waals surface area contributed by atoms with Crippen molar-refractivity contribution in [1.82, 2.24) is 20.4 Å². The lowest BCUT2D eigenvalue weighted by molar-refractivity contribution is 0.251. The second kappa shape index (κ2) is 9.87. The number of nitrogens with one attached hydrogen (secondary N) is 2. The van der Waals surface area contributed by atoms with Crippen molar-refractivity contribution in [2.45, 2.75) is 46.5 Å². The van der Waals surface area contributed by atoms with Gasteiger partial charge in [-0.2, -0.15) is 4.98 Å². The van der Waals surface area contributed by atoms with Crippen molar-refractivity contribution in [1.29, 1.82) is 0 Å². The van der Waals surface area contributed by atoms with E-state index in [1.807, 2.05) is 39.0 Å². The number of benzene rings is 1. The first-order chi connectivity index (χ1) is 14.4. The van der Waals surface area contributed by atoms with Gasteiger partial charge in [0.25, 0.3) is 0 Å². The topological polar surface area (TPSA) is 102 Å². The first kappa shape index (κ1) is 21.3. The van der Waals surface area contributed by atoms with Gasteiger partial charge in [0.2, 0.25) is 11.8 Å². The molecule has 8 heteroatoms. The quantitative estimate of drug-likeness (QED) is 0.521. The Morgan fingerprint density at radius 3 is 2.67 bits per heavy atom. The van der Waals surface area contributed by atoms with Gasteiger partial charge < -0.3 is 19.9 Å². The van der Waals surface area contributed by atoms with E-state index in [0.717, 1.165) is 11.3 Å². The van der Waals surface area contributed by atoms with Gasteiger partial charge in [0, 0.05) is 24.9 Å². The first-order valence-corrected chi connectivity index (χ1v) is 9.99. The average molecular weight is 409 g/mol. The number of amides is 2. The summed E-state index contributed by atoms with van der Waals surface area (Å²) < 4.78 is 10.9. The standard InChI is InChI=1S/C22H27N5O3/c1-14(2)21-26-20(30-27-21)6-5-11-23-22(28)25-17-8-10-19(24-13-17)29-18-9-7-15(3)16(4)12-18/h7-10,12-14H,5-6,11H2,1-4H3,(H2,23,25,28). The third-order valence-electron chi connectivity index (χ3n) is 4.55. The fraction of sp³-hybridized carbons (Fsp3) is 0.364. The van der Waals surface area contributed by atoms with Crippen molar-refractivity contribution in [3.8, 4) is 11.6 Å². The smallest absolute Gasteiger partial charge is 0.319 e. The van der Waals surface area contributed by atoms with Crippen LogP contribution in [0, 0.1) is 13.8 Å². The monoisotopic (exact) mass is 409 g/mol. The molecule has 3 rings (SSSR count). The van der Waals surface area contributed by atoms with Crippen molar-refractivity contribution >= 4 is 11.7 Å². The van der Waals surface area contributed by atoms with Gasteiger partial charge in [-0.3, -0.25) is 0 Å². The summed E-state index contributed by atoms with van der Waals surface area (Å²) in [7, 11) is 0. The van der Waals surface area contributed by atoms with E-state index >= 15 is 0 Å². The lowest BCUT2D eigenvalue weighted by Crippen LogP contribution is -2.29. The maximum absolute atomic E-state index is 12.0. The molecule has 2 N–H and O–H groups in total. The van der Waals surface area contributed by atoms with Crippen LogP contribution < -0.4 is 15.4 Å². The largest absolute Gasteiger partial charge is 0.439 e. The number of aromatic nitrogens is 3. The summed E-state index contributed by atoms with van der Waals surface area (Å²) in [4.78, 5) is 20.6. The van der Waals surface area contributed by atoms with E-state index in [0.29, 0.717) is 42.7 Å². The molecule has 0 atom stereocenters. The van der Waals surface area contributed by atoms with Gasteiger partial charge in [-0.25, -0.2) is 9.78 Å². The Balaban J connectivity index is 1.41. The van der Waals surface area contributed by atoms with Crippen molar-refractivity contribution in [2.75, 3.05) is 11.9 Å². The number of carbonyl (C=O) groups is 1. The molecule has 0 unspecified atom stereocenters. The zero-order valence-corrected chi connectivity index (χ0v) is 17.7. The molecule has 2 aromatic heterocycles. The van der Waals surface area contributed by atoms with E-state index in [2.05, 4.69) is 32.7 Å². The summed E-state index contributed by atoms with van der Waals surface area (Å²) in [5, 5.41) is 9.47. The zero-order chi connectivity index (χ0) is 21.5. The second-order valence-electron chi connectivity index (χ2n) is 7.42. The Hall–Kier alpha value is -3.42. The fourth-order valence-corrected chi connectivity index (χ4v) is 2.63. The molecule has 2 heterocycles. The van der Waals surface area contributed by atoms with Crippen LogP contribution in [-0.4, -0.2) is 27.7 Å². The van der Waals surface area contributed by atoms with Gasteiger partial charge >= 0.3 is 6.03 Å². The molecule has 0 aliphatic carbocycles. The van der Waals surface area contributed by atoms with Crippen LogP contribution in [-0.2, 0) is 6.42 Å². The lowest BCUT2D eigenvalue weighted by Gasteiger charge is -2.09. The van der Waals surface area contributed by atoms with Crippen LogP contribution in [0.25, 0.3) is 0 Å². The van der Waals surface area contributed by atoms with Crippen molar-refractivity contribution in [3.63, 3.8) is 0 Å². The van der Waals surface area contributed by atoms with E-state index in [9.17, 15) is 4.79 Å². The highest BCUT2D eigenvalue weighted by molar-refractivity contribution is 5.88. The van der Waals surface area contributed by atoms with Crippen LogP contribution in [0.2, 0.25) is 0 Å². The number of urea groups is 1. The Bertz CT molecular complexity index is 983. The van der Waals surface area contributed by atoms with E-state index in [1.54, 1.807) is 18.3 Å². The Morgan fingerprint density at radius 1 is 1.17 bits per heavy atom. The summed E-state index contributed by atoms with van der Waals surface area (Å²) >= 11 is 0. The number of hydrogen-bond acceptors (Lipinski definition) is 6. The predicted octanol–water partition coefficient (Wildman–Crippen LogP) is 4.75. The van der Waals surface area contributed by atoms with Crippen LogP contribution in [0.1, 0.15) is 49.0 Å². The predicted molar refractivity (Wildman–Crippen MR) is 114 cm³/mol. The zero-order valence-electron chi connectivity index (χ0n) is 17.7. The minimum Gasteiger partial charge on any atom is -0.439 e. The summed E-state index contributed by atoms with van der Waals surface area (Å²) in [6, 6.07) is 9.04. The molecular weight excluding hydrogens is 382 g/mol. The van der Waals surface area contributed by atoms with Gasteiger partial charge in [0.1, 0.15) is 5.75 Å². The number of ether oxygens (including phenoxy) is 1. The minimum absolute atomic E-state index is 0.234. The number of pyridine rings is 1. The normalized spacial score (nSPS) is 10.8. The molecular formula is C22H27N5O3. The van der Waals surface area contributed by atoms with E-state index in [4.69, 9.17) is 9.26 Å². The van der Waals surface area contributed by atoms with Crippen LogP contribution in [0.5, 0.6) is 11.6 Å². The number of nitrogens with zero attached hydrogens (tertiary/aromatic N) is 3. The highest BCUT2D eigenvalue weighted by atomic mass is 16.5. The molecule has 0 spiro atoms. The fourth-order valence-electron chi connectivity index (χ4n) is 2.63. The van der Waals surface area contributed by atoms with E-state index < -0.39 is 0 Å². The number of aryl methyl sites for hydroxylation is 3. The Kier molecular flexibility index (Phi) is 7.00. The molecule has 0 saturated carbocycles. The molecule has 1 aromatic carbocycles. The third-order valence-corrected chi connectivity index (χ3v) is 4.55. The molecule has 3 aromatic rings. The molecule has 0 fully saturated rings. The van der Waals surface area contributed by atoms with Gasteiger partial charge in [-0.15, -0.1) is 0 Å². The van der Waals surface area contributed by atoms with Crippen molar-refractivity contribution < 1.29 is 14.1 Å². The van der Waals surface area contributed by atoms with Gasteiger partial charge in [-0.05, 0) is 49.6 Å². The maximum Gasteiger partial charge on any atom is 0.319 e. The van der Waals surface area contributed by atoms with Gasteiger partial charge in [0.05, 0.1) is 11.9 Å². The second-order valence-corrected chi connectivity index (χ2v) is 7.42. The molecule has 0 bridgehead atoms. The molecule has 8 nitrogen and oxygen atoms in total. The third kappa shape index (κ3) is 6.04. The molecule has 0 radical (unpaired) electrons. The molecule has 0 aliphatic heterocycles. The number of anilines is 1. The average Bonchev–Trinajstić information content (AvgIpc) is 3.19. The van der Waals surface area contributed by atoms with E-state index in [-0.39, 0.29) is 11.9 Å². The van der Waals surface area contributed by atoms with Crippen LogP contribution in [0.4, 0.5) is 10.5 Å². The number of rotatable bonds is 8. The molecule has 2 amide bonds. The summed E-state index contributed by atoms with van der Waals surface area (Å²) in [6.45, 7) is 8.60. The lowest BCUT2D eigenvalue weighted by atomic mass is 10.1. The number of carbonyl (C=O) groups excluding carboxylic acids is 1. The highest BCUT2D eigenvalue weighted by Gasteiger charge is 2.09. The Morgan fingerprint density at radius 2 is 2.00 bits per heavy atom.